The number of hydrogen-bond donors (Lipinski definition) is 0. The van der Waals surface area contributed by atoms with Crippen LogP contribution in [0.15, 0.2) is 35.5 Å². The number of imidazole rings is 1. The largest absolute Gasteiger partial charge is 0.333 e. The normalized spacial score (nSPS) is 16.1. The van der Waals surface area contributed by atoms with Crippen LogP contribution >= 0.6 is 0 Å². The molecule has 6 heteroatoms. The fourth-order valence-electron chi connectivity index (χ4n) is 2.48. The Kier molecular flexibility index (Phi) is 3.14. The van der Waals surface area contributed by atoms with Crippen molar-refractivity contribution < 1.29 is 8.42 Å². The molecule has 1 aromatic heterocycles. The van der Waals surface area contributed by atoms with Crippen molar-refractivity contribution in [2.75, 3.05) is 6.54 Å². The van der Waals surface area contributed by atoms with E-state index in [1.165, 1.54) is 4.31 Å². The molecule has 0 unspecified atom stereocenters. The van der Waals surface area contributed by atoms with Gasteiger partial charge in [0, 0.05) is 25.5 Å². The molecular formula is C14H17N3O2S. The molecule has 2 heterocycles. The number of aromatic nitrogens is 2. The van der Waals surface area contributed by atoms with Crippen LogP contribution in [-0.2, 0) is 23.1 Å². The maximum atomic E-state index is 12.8. The highest BCUT2D eigenvalue weighted by Crippen LogP contribution is 2.24. The molecule has 3 rings (SSSR count). The standard InChI is InChI=1S/C14H17N3O2S/c1-11-3-4-12(2)13(9-11)20(18,19)17-8-7-16-6-5-15-14(16)10-17/h3-6,9H,7-8,10H2,1-2H3. The molecule has 1 aliphatic rings. The van der Waals surface area contributed by atoms with Crippen molar-refractivity contribution in [2.24, 2.45) is 0 Å². The first-order chi connectivity index (χ1) is 9.48. The van der Waals surface area contributed by atoms with E-state index >= 15 is 0 Å². The van der Waals surface area contributed by atoms with Crippen molar-refractivity contribution in [1.82, 2.24) is 13.9 Å². The Bertz CT molecular complexity index is 750. The molecule has 106 valence electrons. The second kappa shape index (κ2) is 4.71. The Morgan fingerprint density at radius 3 is 2.80 bits per heavy atom. The Morgan fingerprint density at radius 1 is 1.20 bits per heavy atom. The molecule has 0 N–H and O–H groups in total. The van der Waals surface area contributed by atoms with E-state index in [2.05, 4.69) is 4.98 Å². The summed E-state index contributed by atoms with van der Waals surface area (Å²) in [5.74, 6) is 0.796. The predicted octanol–water partition coefficient (Wildman–Crippen LogP) is 1.70. The average Bonchev–Trinajstić information content (AvgIpc) is 2.88. The van der Waals surface area contributed by atoms with Crippen LogP contribution in [0.1, 0.15) is 17.0 Å². The van der Waals surface area contributed by atoms with Crippen molar-refractivity contribution >= 4 is 10.0 Å². The molecule has 0 aliphatic carbocycles. The number of hydrogen-bond acceptors (Lipinski definition) is 3. The molecular weight excluding hydrogens is 274 g/mol. The zero-order valence-corrected chi connectivity index (χ0v) is 12.4. The van der Waals surface area contributed by atoms with E-state index in [-0.39, 0.29) is 0 Å². The van der Waals surface area contributed by atoms with Gasteiger partial charge < -0.3 is 4.57 Å². The van der Waals surface area contributed by atoms with Gasteiger partial charge in [-0.25, -0.2) is 13.4 Å². The Morgan fingerprint density at radius 2 is 2.00 bits per heavy atom. The molecule has 1 aliphatic heterocycles. The van der Waals surface area contributed by atoms with E-state index < -0.39 is 10.0 Å². The lowest BCUT2D eigenvalue weighted by atomic mass is 10.2. The smallest absolute Gasteiger partial charge is 0.243 e. The van der Waals surface area contributed by atoms with Gasteiger partial charge in [0.2, 0.25) is 10.0 Å². The van der Waals surface area contributed by atoms with Crippen molar-refractivity contribution in [3.63, 3.8) is 0 Å². The van der Waals surface area contributed by atoms with E-state index in [1.54, 1.807) is 12.3 Å². The summed E-state index contributed by atoms with van der Waals surface area (Å²) in [6.45, 7) is 5.21. The summed E-state index contributed by atoms with van der Waals surface area (Å²) in [4.78, 5) is 4.61. The first-order valence-electron chi connectivity index (χ1n) is 6.56. The third kappa shape index (κ3) is 2.14. The van der Waals surface area contributed by atoms with Crippen LogP contribution in [-0.4, -0.2) is 28.8 Å². The Hall–Kier alpha value is -1.66. The number of nitrogens with zero attached hydrogens (tertiary/aromatic N) is 3. The van der Waals surface area contributed by atoms with Crippen molar-refractivity contribution in [1.29, 1.82) is 0 Å². The van der Waals surface area contributed by atoms with Gasteiger partial charge in [0.05, 0.1) is 11.4 Å². The number of benzene rings is 1. The number of aryl methyl sites for hydroxylation is 2. The molecule has 0 atom stereocenters. The molecule has 0 bridgehead atoms. The lowest BCUT2D eigenvalue weighted by molar-refractivity contribution is 0.335. The topological polar surface area (TPSA) is 55.2 Å². The van der Waals surface area contributed by atoms with Crippen LogP contribution in [0.4, 0.5) is 0 Å². The van der Waals surface area contributed by atoms with Crippen LogP contribution < -0.4 is 0 Å². The molecule has 0 spiro atoms. The van der Waals surface area contributed by atoms with Crippen LogP contribution in [0.2, 0.25) is 0 Å². The van der Waals surface area contributed by atoms with Gasteiger partial charge in [-0.15, -0.1) is 0 Å². The third-order valence-corrected chi connectivity index (χ3v) is 5.66. The maximum Gasteiger partial charge on any atom is 0.243 e. The Labute approximate surface area is 118 Å². The van der Waals surface area contributed by atoms with E-state index in [4.69, 9.17) is 0 Å². The number of sulfonamides is 1. The van der Waals surface area contributed by atoms with Gasteiger partial charge in [0.15, 0.2) is 0 Å². The maximum absolute atomic E-state index is 12.8. The van der Waals surface area contributed by atoms with Gasteiger partial charge in [-0.3, -0.25) is 0 Å². The van der Waals surface area contributed by atoms with Crippen LogP contribution in [0.3, 0.4) is 0 Å². The van der Waals surface area contributed by atoms with Gasteiger partial charge in [-0.1, -0.05) is 12.1 Å². The second-order valence-corrected chi connectivity index (χ2v) is 7.05. The lowest BCUT2D eigenvalue weighted by Crippen LogP contribution is -2.38. The summed E-state index contributed by atoms with van der Waals surface area (Å²) in [5.41, 5.74) is 1.73. The molecule has 0 saturated carbocycles. The molecule has 0 fully saturated rings. The van der Waals surface area contributed by atoms with Gasteiger partial charge in [0.1, 0.15) is 5.82 Å². The van der Waals surface area contributed by atoms with E-state index in [9.17, 15) is 8.42 Å². The monoisotopic (exact) mass is 291 g/mol. The summed E-state index contributed by atoms with van der Waals surface area (Å²) >= 11 is 0. The zero-order valence-electron chi connectivity index (χ0n) is 11.6. The lowest BCUT2D eigenvalue weighted by Gasteiger charge is -2.27. The number of rotatable bonds is 2. The minimum Gasteiger partial charge on any atom is -0.333 e. The molecule has 20 heavy (non-hydrogen) atoms. The van der Waals surface area contributed by atoms with E-state index in [1.807, 2.05) is 36.7 Å². The fourth-order valence-corrected chi connectivity index (χ4v) is 4.18. The van der Waals surface area contributed by atoms with E-state index in [0.29, 0.717) is 24.5 Å². The minimum absolute atomic E-state index is 0.336. The van der Waals surface area contributed by atoms with Crippen LogP contribution in [0.5, 0.6) is 0 Å². The van der Waals surface area contributed by atoms with Gasteiger partial charge in [-0.2, -0.15) is 4.31 Å². The molecule has 1 aromatic carbocycles. The first-order valence-corrected chi connectivity index (χ1v) is 8.00. The molecule has 2 aromatic rings. The molecule has 0 saturated heterocycles. The highest BCUT2D eigenvalue weighted by atomic mass is 32.2. The van der Waals surface area contributed by atoms with Gasteiger partial charge >= 0.3 is 0 Å². The first kappa shape index (κ1) is 13.3. The fraction of sp³-hybridized carbons (Fsp3) is 0.357. The predicted molar refractivity (Wildman–Crippen MR) is 75.7 cm³/mol. The second-order valence-electron chi connectivity index (χ2n) is 5.14. The zero-order chi connectivity index (χ0) is 14.3. The van der Waals surface area contributed by atoms with Gasteiger partial charge in [-0.05, 0) is 31.0 Å². The van der Waals surface area contributed by atoms with Gasteiger partial charge in [0.25, 0.3) is 0 Å². The number of fused-ring (bicyclic) bond motifs is 1. The summed E-state index contributed by atoms with van der Waals surface area (Å²) in [5, 5.41) is 0. The summed E-state index contributed by atoms with van der Waals surface area (Å²) in [7, 11) is -3.46. The van der Waals surface area contributed by atoms with Crippen molar-refractivity contribution in [2.45, 2.75) is 31.8 Å². The highest BCUT2D eigenvalue weighted by molar-refractivity contribution is 7.89. The Balaban J connectivity index is 1.99. The third-order valence-electron chi connectivity index (χ3n) is 3.67. The van der Waals surface area contributed by atoms with Crippen LogP contribution in [0, 0.1) is 13.8 Å². The SMILES string of the molecule is Cc1ccc(C)c(S(=O)(=O)N2CCn3ccnc3C2)c1. The van der Waals surface area contributed by atoms with Crippen molar-refractivity contribution in [3.8, 4) is 0 Å². The quantitative estimate of drug-likeness (QED) is 0.846. The van der Waals surface area contributed by atoms with E-state index in [0.717, 1.165) is 17.0 Å². The summed E-state index contributed by atoms with van der Waals surface area (Å²) < 4.78 is 29.1. The summed E-state index contributed by atoms with van der Waals surface area (Å²) in [6.07, 6.45) is 3.60. The van der Waals surface area contributed by atoms with Crippen molar-refractivity contribution in [3.05, 3.63) is 47.5 Å². The van der Waals surface area contributed by atoms with Crippen LogP contribution in [0.25, 0.3) is 0 Å². The minimum atomic E-state index is -3.46. The summed E-state index contributed by atoms with van der Waals surface area (Å²) in [6, 6.07) is 5.52. The average molecular weight is 291 g/mol. The molecule has 5 nitrogen and oxygen atoms in total. The highest BCUT2D eigenvalue weighted by Gasteiger charge is 2.29. The molecule has 0 amide bonds. The molecule has 0 radical (unpaired) electrons.